The van der Waals surface area contributed by atoms with E-state index in [0.29, 0.717) is 4.88 Å². The topological polar surface area (TPSA) is 0 Å². The average molecular weight is 195 g/mol. The van der Waals surface area contributed by atoms with Crippen molar-refractivity contribution in [2.24, 2.45) is 0 Å². The second-order valence-corrected chi connectivity index (χ2v) is 3.44. The Kier molecular flexibility index (Phi) is 2.10. The monoisotopic (exact) mass is 195 g/mol. The van der Waals surface area contributed by atoms with Crippen molar-refractivity contribution in [2.75, 3.05) is 0 Å². The zero-order valence-corrected chi connectivity index (χ0v) is 7.37. The first-order chi connectivity index (χ1) is 6.29. The van der Waals surface area contributed by atoms with E-state index in [9.17, 15) is 8.78 Å². The van der Waals surface area contributed by atoms with E-state index in [1.54, 1.807) is 17.5 Å². The molecule has 0 aliphatic carbocycles. The molecular formula is C10H5F2S. The summed E-state index contributed by atoms with van der Waals surface area (Å²) >= 11 is 1.30. The second-order valence-electron chi connectivity index (χ2n) is 2.49. The first-order valence-electron chi connectivity index (χ1n) is 3.68. The Morgan fingerprint density at radius 2 is 2.08 bits per heavy atom. The molecule has 3 heteroatoms. The Morgan fingerprint density at radius 3 is 2.69 bits per heavy atom. The quantitative estimate of drug-likeness (QED) is 0.653. The maximum absolute atomic E-state index is 13.2. The van der Waals surface area contributed by atoms with Crippen molar-refractivity contribution in [3.63, 3.8) is 0 Å². The van der Waals surface area contributed by atoms with Crippen LogP contribution in [0.25, 0.3) is 10.4 Å². The van der Waals surface area contributed by atoms with Crippen molar-refractivity contribution in [3.05, 3.63) is 47.3 Å². The Labute approximate surface area is 78.5 Å². The summed E-state index contributed by atoms with van der Waals surface area (Å²) in [6.07, 6.45) is 0. The molecule has 0 spiro atoms. The van der Waals surface area contributed by atoms with Gasteiger partial charge in [-0.15, -0.1) is 11.3 Å². The van der Waals surface area contributed by atoms with Gasteiger partial charge in [0, 0.05) is 10.9 Å². The maximum Gasteiger partial charge on any atom is 0.142 e. The van der Waals surface area contributed by atoms with Crippen LogP contribution in [-0.4, -0.2) is 0 Å². The molecule has 0 saturated carbocycles. The molecule has 1 aromatic carbocycles. The summed E-state index contributed by atoms with van der Waals surface area (Å²) in [6.45, 7) is 0. The van der Waals surface area contributed by atoms with Crippen molar-refractivity contribution in [3.8, 4) is 10.4 Å². The third kappa shape index (κ3) is 1.47. The Balaban J connectivity index is 2.64. The maximum atomic E-state index is 13.2. The summed E-state index contributed by atoms with van der Waals surface area (Å²) in [6, 6.07) is 8.21. The molecule has 1 aromatic heterocycles. The fourth-order valence-corrected chi connectivity index (χ4v) is 1.86. The van der Waals surface area contributed by atoms with Gasteiger partial charge in [-0.3, -0.25) is 0 Å². The van der Waals surface area contributed by atoms with Gasteiger partial charge in [0.1, 0.15) is 11.6 Å². The minimum Gasteiger partial charge on any atom is -0.206 e. The van der Waals surface area contributed by atoms with Crippen LogP contribution in [0.2, 0.25) is 0 Å². The highest BCUT2D eigenvalue weighted by Gasteiger charge is 2.10. The van der Waals surface area contributed by atoms with Gasteiger partial charge in [-0.1, -0.05) is 6.07 Å². The standard InChI is InChI=1S/C10H5F2S/c11-7-3-1-4-8(12)10(7)9-5-2-6-13-9/h1-3,5-6H. The van der Waals surface area contributed by atoms with Gasteiger partial charge in [0.15, 0.2) is 0 Å². The van der Waals surface area contributed by atoms with E-state index in [2.05, 4.69) is 6.07 Å². The molecule has 0 unspecified atom stereocenters. The summed E-state index contributed by atoms with van der Waals surface area (Å²) in [4.78, 5) is 0.590. The van der Waals surface area contributed by atoms with Crippen molar-refractivity contribution in [2.45, 2.75) is 0 Å². The molecule has 0 aliphatic heterocycles. The van der Waals surface area contributed by atoms with Crippen molar-refractivity contribution in [1.29, 1.82) is 0 Å². The summed E-state index contributed by atoms with van der Waals surface area (Å²) in [5.74, 6) is -1.18. The molecule has 0 bridgehead atoms. The number of thiophene rings is 1. The van der Waals surface area contributed by atoms with Crippen LogP contribution in [0.3, 0.4) is 0 Å². The molecule has 65 valence electrons. The van der Waals surface area contributed by atoms with Gasteiger partial charge in [-0.25, -0.2) is 8.78 Å². The minimum absolute atomic E-state index is 0.0116. The molecule has 0 aliphatic rings. The molecular weight excluding hydrogens is 190 g/mol. The molecule has 0 amide bonds. The predicted molar refractivity (Wildman–Crippen MR) is 48.5 cm³/mol. The van der Waals surface area contributed by atoms with Gasteiger partial charge in [0.05, 0.1) is 5.56 Å². The summed E-state index contributed by atoms with van der Waals surface area (Å²) in [5, 5.41) is 1.78. The van der Waals surface area contributed by atoms with Crippen LogP contribution >= 0.6 is 11.3 Å². The van der Waals surface area contributed by atoms with Crippen LogP contribution in [0, 0.1) is 17.7 Å². The van der Waals surface area contributed by atoms with Crippen LogP contribution in [0.15, 0.2) is 29.6 Å². The third-order valence-electron chi connectivity index (χ3n) is 1.67. The molecule has 0 N–H and O–H groups in total. The van der Waals surface area contributed by atoms with Crippen LogP contribution in [-0.2, 0) is 0 Å². The molecule has 1 radical (unpaired) electrons. The fourth-order valence-electron chi connectivity index (χ4n) is 1.10. The van der Waals surface area contributed by atoms with Gasteiger partial charge in [-0.05, 0) is 23.6 Å². The normalized spacial score (nSPS) is 10.3. The molecule has 0 atom stereocenters. The summed E-state index contributed by atoms with van der Waals surface area (Å²) in [5.41, 5.74) is 0.0116. The van der Waals surface area contributed by atoms with Crippen LogP contribution in [0.4, 0.5) is 8.78 Å². The number of hydrogen-bond donors (Lipinski definition) is 0. The fraction of sp³-hybridized carbons (Fsp3) is 0. The minimum atomic E-state index is -0.637. The second kappa shape index (κ2) is 3.26. The smallest absolute Gasteiger partial charge is 0.142 e. The van der Waals surface area contributed by atoms with E-state index in [1.807, 2.05) is 0 Å². The number of hydrogen-bond acceptors (Lipinski definition) is 1. The van der Waals surface area contributed by atoms with Gasteiger partial charge in [0.2, 0.25) is 0 Å². The summed E-state index contributed by atoms with van der Waals surface area (Å²) < 4.78 is 26.3. The Bertz CT molecular complexity index is 387. The first kappa shape index (κ1) is 8.38. The Morgan fingerprint density at radius 1 is 1.23 bits per heavy atom. The molecule has 0 nitrogen and oxygen atoms in total. The van der Waals surface area contributed by atoms with E-state index < -0.39 is 11.6 Å². The lowest BCUT2D eigenvalue weighted by Crippen LogP contribution is -1.86. The molecule has 13 heavy (non-hydrogen) atoms. The van der Waals surface area contributed by atoms with Crippen LogP contribution < -0.4 is 0 Å². The lowest BCUT2D eigenvalue weighted by molar-refractivity contribution is 0.589. The highest BCUT2D eigenvalue weighted by Crippen LogP contribution is 2.29. The van der Waals surface area contributed by atoms with E-state index in [-0.39, 0.29) is 5.56 Å². The number of halogens is 2. The van der Waals surface area contributed by atoms with E-state index in [0.717, 1.165) is 0 Å². The highest BCUT2D eigenvalue weighted by molar-refractivity contribution is 7.13. The van der Waals surface area contributed by atoms with Crippen molar-refractivity contribution in [1.82, 2.24) is 0 Å². The molecule has 1 heterocycles. The van der Waals surface area contributed by atoms with E-state index >= 15 is 0 Å². The Hall–Kier alpha value is -1.22. The predicted octanol–water partition coefficient (Wildman–Crippen LogP) is 3.49. The molecule has 2 rings (SSSR count). The third-order valence-corrected chi connectivity index (χ3v) is 2.55. The number of rotatable bonds is 1. The average Bonchev–Trinajstić information content (AvgIpc) is 2.57. The molecule has 0 saturated heterocycles. The van der Waals surface area contributed by atoms with Crippen LogP contribution in [0.1, 0.15) is 0 Å². The van der Waals surface area contributed by atoms with Gasteiger partial charge in [-0.2, -0.15) is 0 Å². The van der Waals surface area contributed by atoms with Gasteiger partial charge >= 0.3 is 0 Å². The lowest BCUT2D eigenvalue weighted by Gasteiger charge is -1.99. The van der Waals surface area contributed by atoms with Gasteiger partial charge in [0.25, 0.3) is 0 Å². The molecule has 2 aromatic rings. The summed E-state index contributed by atoms with van der Waals surface area (Å²) in [7, 11) is 0. The highest BCUT2D eigenvalue weighted by atomic mass is 32.1. The van der Waals surface area contributed by atoms with Crippen molar-refractivity contribution < 1.29 is 8.78 Å². The zero-order valence-electron chi connectivity index (χ0n) is 6.55. The largest absolute Gasteiger partial charge is 0.206 e. The first-order valence-corrected chi connectivity index (χ1v) is 4.56. The molecule has 0 fully saturated rings. The SMILES string of the molecule is Fc1[c]ccc(F)c1-c1cccs1. The van der Waals surface area contributed by atoms with Gasteiger partial charge < -0.3 is 0 Å². The van der Waals surface area contributed by atoms with Crippen LogP contribution in [0.5, 0.6) is 0 Å². The zero-order chi connectivity index (χ0) is 9.26. The number of benzene rings is 1. The lowest BCUT2D eigenvalue weighted by atomic mass is 10.1. The van der Waals surface area contributed by atoms with E-state index in [4.69, 9.17) is 0 Å². The van der Waals surface area contributed by atoms with E-state index in [1.165, 1.54) is 23.5 Å². The van der Waals surface area contributed by atoms with Crippen molar-refractivity contribution >= 4 is 11.3 Å².